The van der Waals surface area contributed by atoms with Crippen LogP contribution in [0.15, 0.2) is 48.5 Å². The van der Waals surface area contributed by atoms with Gasteiger partial charge < -0.3 is 19.9 Å². The topological polar surface area (TPSA) is 67.8 Å². The van der Waals surface area contributed by atoms with E-state index in [1.54, 1.807) is 21.6 Å². The van der Waals surface area contributed by atoms with Crippen molar-refractivity contribution in [2.45, 2.75) is 25.9 Å². The molecule has 0 spiro atoms. The number of rotatable bonds is 14. The van der Waals surface area contributed by atoms with Crippen molar-refractivity contribution >= 4 is 27.7 Å². The van der Waals surface area contributed by atoms with Gasteiger partial charge in [0.15, 0.2) is 0 Å². The molecule has 0 saturated carbocycles. The van der Waals surface area contributed by atoms with Gasteiger partial charge in [-0.1, -0.05) is 70.0 Å². The normalized spacial score (nSPS) is 11.5. The number of aliphatic hydroxyl groups excluding tert-OH is 1. The van der Waals surface area contributed by atoms with Crippen molar-refractivity contribution in [2.75, 3.05) is 37.9 Å². The lowest BCUT2D eigenvalue weighted by molar-refractivity contribution is 0.0903. The molecule has 0 aliphatic rings. The third-order valence-electron chi connectivity index (χ3n) is 4.65. The molecule has 0 radical (unpaired) electrons. The SMILES string of the molecule is C#Cc1ccccc1CC(OC(=O)NCCOCCCSSCCO)c1ccccc1C. The van der Waals surface area contributed by atoms with Crippen molar-refractivity contribution in [2.24, 2.45) is 0 Å². The van der Waals surface area contributed by atoms with Crippen LogP contribution in [0.5, 0.6) is 0 Å². The number of carbonyl (C=O) groups is 1. The minimum atomic E-state index is -0.476. The Labute approximate surface area is 199 Å². The number of aliphatic hydroxyl groups is 1. The number of carbonyl (C=O) groups excluding carboxylic acids is 1. The van der Waals surface area contributed by atoms with Crippen LogP contribution >= 0.6 is 21.6 Å². The first-order valence-corrected chi connectivity index (χ1v) is 13.1. The Bertz CT molecular complexity index is 869. The zero-order chi connectivity index (χ0) is 23.0. The maximum atomic E-state index is 12.5. The second-order valence-corrected chi connectivity index (χ2v) is 9.72. The summed E-state index contributed by atoms with van der Waals surface area (Å²) in [6.45, 7) is 3.66. The molecule has 2 N–H and O–H groups in total. The first-order chi connectivity index (χ1) is 15.7. The minimum absolute atomic E-state index is 0.205. The van der Waals surface area contributed by atoms with E-state index in [-0.39, 0.29) is 6.61 Å². The van der Waals surface area contributed by atoms with Crippen molar-refractivity contribution in [1.82, 2.24) is 5.32 Å². The number of amides is 1. The molecule has 5 nitrogen and oxygen atoms in total. The highest BCUT2D eigenvalue weighted by Gasteiger charge is 2.20. The fourth-order valence-electron chi connectivity index (χ4n) is 3.08. The van der Waals surface area contributed by atoms with Gasteiger partial charge in [0.2, 0.25) is 0 Å². The van der Waals surface area contributed by atoms with E-state index in [1.807, 2.05) is 55.5 Å². The summed E-state index contributed by atoms with van der Waals surface area (Å²) in [6.07, 6.45) is 6.15. The summed E-state index contributed by atoms with van der Waals surface area (Å²) in [5, 5.41) is 11.5. The van der Waals surface area contributed by atoms with E-state index >= 15 is 0 Å². The lowest BCUT2D eigenvalue weighted by atomic mass is 9.95. The van der Waals surface area contributed by atoms with E-state index in [0.29, 0.717) is 26.2 Å². The number of hydrogen-bond acceptors (Lipinski definition) is 6. The third-order valence-corrected chi connectivity index (χ3v) is 7.12. The highest BCUT2D eigenvalue weighted by molar-refractivity contribution is 8.76. The molecule has 0 fully saturated rings. The molecule has 1 atom stereocenters. The van der Waals surface area contributed by atoms with Gasteiger partial charge in [0, 0.05) is 36.6 Å². The van der Waals surface area contributed by atoms with Gasteiger partial charge in [-0.05, 0) is 36.1 Å². The van der Waals surface area contributed by atoms with Crippen molar-refractivity contribution in [3.05, 3.63) is 70.8 Å². The van der Waals surface area contributed by atoms with Crippen molar-refractivity contribution in [1.29, 1.82) is 0 Å². The molecule has 0 aromatic heterocycles. The summed E-state index contributed by atoms with van der Waals surface area (Å²) in [6, 6.07) is 15.6. The lowest BCUT2D eigenvalue weighted by Gasteiger charge is -2.21. The fraction of sp³-hybridized carbons (Fsp3) is 0.400. The maximum Gasteiger partial charge on any atom is 0.407 e. The zero-order valence-electron chi connectivity index (χ0n) is 18.4. The lowest BCUT2D eigenvalue weighted by Crippen LogP contribution is -2.30. The van der Waals surface area contributed by atoms with E-state index in [1.165, 1.54) is 0 Å². The summed E-state index contributed by atoms with van der Waals surface area (Å²) in [4.78, 5) is 12.5. The Kier molecular flexibility index (Phi) is 12.8. The molecule has 2 aromatic carbocycles. The molecule has 1 amide bonds. The molecule has 172 valence electrons. The Morgan fingerprint density at radius 1 is 1.12 bits per heavy atom. The van der Waals surface area contributed by atoms with Crippen molar-refractivity contribution in [3.63, 3.8) is 0 Å². The number of aryl methyl sites for hydroxylation is 1. The first-order valence-electron chi connectivity index (χ1n) is 10.6. The Balaban J connectivity index is 1.83. The highest BCUT2D eigenvalue weighted by Crippen LogP contribution is 2.26. The molecule has 2 rings (SSSR count). The third kappa shape index (κ3) is 9.58. The number of terminal acetylenes is 1. The Hall–Kier alpha value is -2.11. The van der Waals surface area contributed by atoms with Crippen LogP contribution in [-0.4, -0.2) is 49.1 Å². The zero-order valence-corrected chi connectivity index (χ0v) is 20.1. The molecular formula is C25H31NO4S2. The number of nitrogens with one attached hydrogen (secondary N) is 1. The predicted octanol–water partition coefficient (Wildman–Crippen LogP) is 4.77. The van der Waals surface area contributed by atoms with Gasteiger partial charge in [0.1, 0.15) is 6.10 Å². The monoisotopic (exact) mass is 473 g/mol. The van der Waals surface area contributed by atoms with Crippen LogP contribution in [0.3, 0.4) is 0 Å². The summed E-state index contributed by atoms with van der Waals surface area (Å²) in [7, 11) is 3.39. The van der Waals surface area contributed by atoms with E-state index < -0.39 is 12.2 Å². The Morgan fingerprint density at radius 3 is 2.66 bits per heavy atom. The van der Waals surface area contributed by atoms with Crippen LogP contribution in [-0.2, 0) is 15.9 Å². The number of hydrogen-bond donors (Lipinski definition) is 2. The minimum Gasteiger partial charge on any atom is -0.441 e. The van der Waals surface area contributed by atoms with E-state index in [0.717, 1.165) is 40.2 Å². The average molecular weight is 474 g/mol. The van der Waals surface area contributed by atoms with Gasteiger partial charge in [0.05, 0.1) is 13.2 Å². The second-order valence-electron chi connectivity index (χ2n) is 7.02. The fourth-order valence-corrected chi connectivity index (χ4v) is 4.91. The molecule has 0 heterocycles. The number of alkyl carbamates (subject to hydrolysis) is 1. The van der Waals surface area contributed by atoms with Crippen molar-refractivity contribution in [3.8, 4) is 12.3 Å². The quantitative estimate of drug-likeness (QED) is 0.234. The van der Waals surface area contributed by atoms with Crippen molar-refractivity contribution < 1.29 is 19.4 Å². The second kappa shape index (κ2) is 15.7. The highest BCUT2D eigenvalue weighted by atomic mass is 33.1. The van der Waals surface area contributed by atoms with Gasteiger partial charge in [-0.25, -0.2) is 4.79 Å². The largest absolute Gasteiger partial charge is 0.441 e. The Morgan fingerprint density at radius 2 is 1.88 bits per heavy atom. The van der Waals surface area contributed by atoms with E-state index in [2.05, 4.69) is 11.2 Å². The molecule has 32 heavy (non-hydrogen) atoms. The average Bonchev–Trinajstić information content (AvgIpc) is 2.80. The molecule has 1 unspecified atom stereocenters. The van der Waals surface area contributed by atoms with Gasteiger partial charge in [-0.3, -0.25) is 0 Å². The molecule has 0 aliphatic carbocycles. The van der Waals surface area contributed by atoms with Gasteiger partial charge in [-0.2, -0.15) is 0 Å². The smallest absolute Gasteiger partial charge is 0.407 e. The summed E-state index contributed by atoms with van der Waals surface area (Å²) >= 11 is 0. The standard InChI is InChI=1S/C25H31NO4S2/c1-3-21-10-5-6-11-22(21)19-24(23-12-7-4-9-20(23)2)30-25(28)26-13-16-29-15-8-17-31-32-18-14-27/h1,4-7,9-12,24,27H,8,13-19H2,2H3,(H,26,28). The van der Waals surface area contributed by atoms with Gasteiger partial charge >= 0.3 is 6.09 Å². The summed E-state index contributed by atoms with van der Waals surface area (Å²) in [5.74, 6) is 4.42. The molecule has 7 heteroatoms. The molecular weight excluding hydrogens is 442 g/mol. The van der Waals surface area contributed by atoms with Gasteiger partial charge in [0.25, 0.3) is 0 Å². The molecule has 0 bridgehead atoms. The van der Waals surface area contributed by atoms with E-state index in [9.17, 15) is 4.79 Å². The predicted molar refractivity (Wildman–Crippen MR) is 134 cm³/mol. The van der Waals surface area contributed by atoms with Crippen LogP contribution in [0.4, 0.5) is 4.79 Å². The molecule has 0 saturated heterocycles. The van der Waals surface area contributed by atoms with Crippen LogP contribution in [0, 0.1) is 19.3 Å². The van der Waals surface area contributed by atoms with Gasteiger partial charge in [-0.15, -0.1) is 6.42 Å². The maximum absolute atomic E-state index is 12.5. The van der Waals surface area contributed by atoms with E-state index in [4.69, 9.17) is 21.0 Å². The molecule has 2 aromatic rings. The van der Waals surface area contributed by atoms with Crippen LogP contribution in [0.2, 0.25) is 0 Å². The van der Waals surface area contributed by atoms with Crippen LogP contribution < -0.4 is 5.32 Å². The number of benzene rings is 2. The number of ether oxygens (including phenoxy) is 2. The van der Waals surface area contributed by atoms with Crippen LogP contribution in [0.25, 0.3) is 0 Å². The summed E-state index contributed by atoms with van der Waals surface area (Å²) < 4.78 is 11.4. The summed E-state index contributed by atoms with van der Waals surface area (Å²) in [5.41, 5.74) is 3.79. The first kappa shape index (κ1) is 26.1. The molecule has 0 aliphatic heterocycles. The van der Waals surface area contributed by atoms with Crippen LogP contribution in [0.1, 0.15) is 34.8 Å².